The molecule has 6 heteroatoms. The number of carbonyl (C=O) groups excluding carboxylic acids is 1. The largest absolute Gasteiger partial charge is 0.412 e. The fraction of sp³-hybridized carbons (Fsp3) is 0.0667. The van der Waals surface area contributed by atoms with Crippen LogP contribution in [0.15, 0.2) is 48.5 Å². The number of hydrogen-bond donors (Lipinski definition) is 1. The van der Waals surface area contributed by atoms with E-state index in [1.807, 2.05) is 41.0 Å². The van der Waals surface area contributed by atoms with E-state index in [0.717, 1.165) is 16.6 Å². The van der Waals surface area contributed by atoms with Gasteiger partial charge in [0.05, 0.1) is 17.6 Å². The standard InChI is InChI=1S/C15H12ClN3O.H2O/c16-15-18-12-3-1-2-4-13(12)19(15)9-10-5-7-11(8-6-10)14(17)20;/h1-8H,9H2,(H2,17,20);1H2. The average molecular weight is 304 g/mol. The molecule has 0 aliphatic heterocycles. The van der Waals surface area contributed by atoms with Gasteiger partial charge in [0, 0.05) is 5.56 Å². The van der Waals surface area contributed by atoms with Crippen molar-refractivity contribution in [3.05, 3.63) is 64.9 Å². The molecule has 4 N–H and O–H groups in total. The van der Waals surface area contributed by atoms with Gasteiger partial charge >= 0.3 is 0 Å². The summed E-state index contributed by atoms with van der Waals surface area (Å²) in [6.45, 7) is 0.596. The van der Waals surface area contributed by atoms with Crippen molar-refractivity contribution in [2.75, 3.05) is 0 Å². The molecule has 0 bridgehead atoms. The maximum absolute atomic E-state index is 11.0. The van der Waals surface area contributed by atoms with Gasteiger partial charge in [-0.1, -0.05) is 24.3 Å². The first kappa shape index (κ1) is 15.0. The number of primary amides is 1. The summed E-state index contributed by atoms with van der Waals surface area (Å²) in [6.07, 6.45) is 0. The Labute approximate surface area is 126 Å². The van der Waals surface area contributed by atoms with Crippen molar-refractivity contribution in [3.63, 3.8) is 0 Å². The third kappa shape index (κ3) is 2.89. The number of nitrogens with zero attached hydrogens (tertiary/aromatic N) is 2. The number of nitrogens with two attached hydrogens (primary N) is 1. The molecule has 1 aromatic heterocycles. The molecular formula is C15H14ClN3O2. The second kappa shape index (κ2) is 5.95. The number of fused-ring (bicyclic) bond motifs is 1. The van der Waals surface area contributed by atoms with Crippen LogP contribution in [0.5, 0.6) is 0 Å². The van der Waals surface area contributed by atoms with E-state index in [4.69, 9.17) is 17.3 Å². The molecule has 3 aromatic rings. The fourth-order valence-corrected chi connectivity index (χ4v) is 2.40. The zero-order valence-electron chi connectivity index (χ0n) is 11.1. The number of rotatable bonds is 3. The lowest BCUT2D eigenvalue weighted by Gasteiger charge is -2.06. The summed E-state index contributed by atoms with van der Waals surface area (Å²) in [6, 6.07) is 14.9. The van der Waals surface area contributed by atoms with Crippen molar-refractivity contribution in [2.45, 2.75) is 6.54 Å². The SMILES string of the molecule is NC(=O)c1ccc(Cn2c(Cl)nc3ccccc32)cc1.O. The van der Waals surface area contributed by atoms with Crippen molar-refractivity contribution in [1.29, 1.82) is 0 Å². The van der Waals surface area contributed by atoms with Crippen molar-refractivity contribution in [2.24, 2.45) is 5.73 Å². The highest BCUT2D eigenvalue weighted by atomic mass is 35.5. The van der Waals surface area contributed by atoms with Crippen LogP contribution in [0.3, 0.4) is 0 Å². The molecular weight excluding hydrogens is 290 g/mol. The van der Waals surface area contributed by atoms with Crippen LogP contribution >= 0.6 is 11.6 Å². The minimum absolute atomic E-state index is 0. The third-order valence-electron chi connectivity index (χ3n) is 3.19. The number of imidazole rings is 1. The topological polar surface area (TPSA) is 92.4 Å². The van der Waals surface area contributed by atoms with Crippen LogP contribution in [0.4, 0.5) is 0 Å². The molecule has 1 amide bonds. The molecule has 2 aromatic carbocycles. The van der Waals surface area contributed by atoms with E-state index in [1.54, 1.807) is 12.1 Å². The maximum atomic E-state index is 11.0. The van der Waals surface area contributed by atoms with E-state index in [2.05, 4.69) is 4.98 Å². The van der Waals surface area contributed by atoms with Crippen LogP contribution in [0, 0.1) is 0 Å². The molecule has 0 radical (unpaired) electrons. The summed E-state index contributed by atoms with van der Waals surface area (Å²) < 4.78 is 1.93. The molecule has 21 heavy (non-hydrogen) atoms. The predicted molar refractivity (Wildman–Crippen MR) is 82.4 cm³/mol. The molecule has 3 rings (SSSR count). The lowest BCUT2D eigenvalue weighted by atomic mass is 10.1. The van der Waals surface area contributed by atoms with Gasteiger partial charge in [-0.2, -0.15) is 0 Å². The summed E-state index contributed by atoms with van der Waals surface area (Å²) in [5, 5.41) is 0.449. The Morgan fingerprint density at radius 2 is 1.81 bits per heavy atom. The highest BCUT2D eigenvalue weighted by Crippen LogP contribution is 2.21. The first-order chi connectivity index (χ1) is 9.65. The number of hydrogen-bond acceptors (Lipinski definition) is 2. The Morgan fingerprint density at radius 3 is 2.48 bits per heavy atom. The third-order valence-corrected chi connectivity index (χ3v) is 3.48. The van der Waals surface area contributed by atoms with E-state index in [-0.39, 0.29) is 5.48 Å². The predicted octanol–water partition coefficient (Wildman–Crippen LogP) is 2.01. The molecule has 0 saturated carbocycles. The van der Waals surface area contributed by atoms with Gasteiger partial charge in [-0.3, -0.25) is 4.79 Å². The Morgan fingerprint density at radius 1 is 1.14 bits per heavy atom. The monoisotopic (exact) mass is 303 g/mol. The van der Waals surface area contributed by atoms with E-state index in [0.29, 0.717) is 17.4 Å². The Balaban J connectivity index is 0.00000161. The molecule has 0 fully saturated rings. The van der Waals surface area contributed by atoms with Gasteiger partial charge in [-0.05, 0) is 41.4 Å². The average Bonchev–Trinajstić information content (AvgIpc) is 2.76. The molecule has 0 aliphatic carbocycles. The molecule has 0 aliphatic rings. The smallest absolute Gasteiger partial charge is 0.248 e. The second-order valence-electron chi connectivity index (χ2n) is 4.52. The number of halogens is 1. The van der Waals surface area contributed by atoms with Crippen LogP contribution in [-0.4, -0.2) is 20.9 Å². The number of aromatic nitrogens is 2. The molecule has 108 valence electrons. The van der Waals surface area contributed by atoms with Gasteiger partial charge in [0.25, 0.3) is 0 Å². The quantitative estimate of drug-likeness (QED) is 0.801. The first-order valence-electron chi connectivity index (χ1n) is 6.14. The number of amides is 1. The highest BCUT2D eigenvalue weighted by molar-refractivity contribution is 6.29. The van der Waals surface area contributed by atoms with Crippen LogP contribution in [0.2, 0.25) is 5.28 Å². The molecule has 0 spiro atoms. The molecule has 0 unspecified atom stereocenters. The normalized spacial score (nSPS) is 10.3. The van der Waals surface area contributed by atoms with Gasteiger partial charge in [0.1, 0.15) is 0 Å². The maximum Gasteiger partial charge on any atom is 0.248 e. The highest BCUT2D eigenvalue weighted by Gasteiger charge is 2.09. The number of benzene rings is 2. The van der Waals surface area contributed by atoms with Crippen LogP contribution in [0.1, 0.15) is 15.9 Å². The van der Waals surface area contributed by atoms with E-state index in [1.165, 1.54) is 0 Å². The Kier molecular flexibility index (Phi) is 4.26. The van der Waals surface area contributed by atoms with Crippen LogP contribution in [0.25, 0.3) is 11.0 Å². The van der Waals surface area contributed by atoms with Crippen molar-refractivity contribution >= 4 is 28.5 Å². The second-order valence-corrected chi connectivity index (χ2v) is 4.85. The number of carbonyl (C=O) groups is 1. The molecule has 1 heterocycles. The summed E-state index contributed by atoms with van der Waals surface area (Å²) in [7, 11) is 0. The van der Waals surface area contributed by atoms with E-state index < -0.39 is 5.91 Å². The van der Waals surface area contributed by atoms with E-state index >= 15 is 0 Å². The van der Waals surface area contributed by atoms with Crippen molar-refractivity contribution < 1.29 is 10.3 Å². The van der Waals surface area contributed by atoms with Gasteiger partial charge in [-0.15, -0.1) is 0 Å². The number of para-hydroxylation sites is 2. The zero-order valence-corrected chi connectivity index (χ0v) is 11.8. The van der Waals surface area contributed by atoms with Gasteiger partial charge in [0.2, 0.25) is 11.2 Å². The Bertz CT molecular complexity index is 781. The fourth-order valence-electron chi connectivity index (χ4n) is 2.15. The van der Waals surface area contributed by atoms with E-state index in [9.17, 15) is 4.79 Å². The molecule has 0 saturated heterocycles. The van der Waals surface area contributed by atoms with Gasteiger partial charge < -0.3 is 15.8 Å². The lowest BCUT2D eigenvalue weighted by Crippen LogP contribution is -2.10. The van der Waals surface area contributed by atoms with Crippen molar-refractivity contribution in [1.82, 2.24) is 9.55 Å². The molecule has 5 nitrogen and oxygen atoms in total. The summed E-state index contributed by atoms with van der Waals surface area (Å²) in [5.41, 5.74) is 8.60. The zero-order chi connectivity index (χ0) is 14.1. The molecule has 0 atom stereocenters. The summed E-state index contributed by atoms with van der Waals surface area (Å²) in [4.78, 5) is 15.4. The van der Waals surface area contributed by atoms with Gasteiger partial charge in [0.15, 0.2) is 0 Å². The van der Waals surface area contributed by atoms with Crippen molar-refractivity contribution in [3.8, 4) is 0 Å². The van der Waals surface area contributed by atoms with Gasteiger partial charge in [-0.25, -0.2) is 4.98 Å². The lowest BCUT2D eigenvalue weighted by molar-refractivity contribution is 0.100. The summed E-state index contributed by atoms with van der Waals surface area (Å²) in [5.74, 6) is -0.428. The van der Waals surface area contributed by atoms with Crippen LogP contribution < -0.4 is 5.73 Å². The minimum Gasteiger partial charge on any atom is -0.412 e. The Hall–Kier alpha value is -2.37. The minimum atomic E-state index is -0.428. The first-order valence-corrected chi connectivity index (χ1v) is 6.52. The van der Waals surface area contributed by atoms with Crippen LogP contribution in [-0.2, 0) is 6.54 Å². The summed E-state index contributed by atoms with van der Waals surface area (Å²) >= 11 is 6.18.